The number of nitrogens with one attached hydrogen (secondary N) is 2. The van der Waals surface area contributed by atoms with Crippen LogP contribution >= 0.6 is 11.8 Å². The van der Waals surface area contributed by atoms with Crippen molar-refractivity contribution in [3.8, 4) is 17.2 Å². The summed E-state index contributed by atoms with van der Waals surface area (Å²) >= 11 is 1.77. The van der Waals surface area contributed by atoms with Crippen molar-refractivity contribution in [2.45, 2.75) is 63.1 Å². The zero-order valence-electron chi connectivity index (χ0n) is 34.7. The molecule has 2 N–H and O–H groups in total. The highest BCUT2D eigenvalue weighted by atomic mass is 32.2. The largest absolute Gasteiger partial charge is 0.483 e. The Bertz CT molecular complexity index is 2660. The molecule has 1 amide bonds. The van der Waals surface area contributed by atoms with Gasteiger partial charge >= 0.3 is 11.9 Å². The summed E-state index contributed by atoms with van der Waals surface area (Å²) < 4.78 is 81.6. The Kier molecular flexibility index (Phi) is 12.5. The van der Waals surface area contributed by atoms with Crippen molar-refractivity contribution in [2.24, 2.45) is 5.41 Å². The van der Waals surface area contributed by atoms with E-state index >= 15 is 0 Å². The fourth-order valence-corrected chi connectivity index (χ4v) is 10.4. The van der Waals surface area contributed by atoms with Crippen molar-refractivity contribution < 1.29 is 40.8 Å². The van der Waals surface area contributed by atoms with E-state index in [9.17, 15) is 36.5 Å². The quantitative estimate of drug-likeness (QED) is 0.0907. The highest BCUT2D eigenvalue weighted by Crippen LogP contribution is 2.44. The number of anilines is 1. The van der Waals surface area contributed by atoms with Crippen molar-refractivity contribution in [3.63, 3.8) is 0 Å². The third-order valence-electron chi connectivity index (χ3n) is 11.8. The number of H-pyrrole nitrogens is 1. The van der Waals surface area contributed by atoms with Crippen molar-refractivity contribution in [1.29, 1.82) is 0 Å². The first-order valence-electron chi connectivity index (χ1n) is 20.7. The van der Waals surface area contributed by atoms with Crippen molar-refractivity contribution in [3.05, 3.63) is 118 Å². The number of ether oxygens (including phenoxy) is 2. The van der Waals surface area contributed by atoms with E-state index < -0.39 is 43.2 Å². The number of piperazine rings is 1. The molecule has 4 heterocycles. The molecule has 0 saturated carbocycles. The fourth-order valence-electron chi connectivity index (χ4n) is 8.31. The first-order valence-corrected chi connectivity index (χ1v) is 23.4. The number of alkyl halides is 3. The monoisotopic (exact) mass is 904 g/mol. The molecule has 63 heavy (non-hydrogen) atoms. The summed E-state index contributed by atoms with van der Waals surface area (Å²) in [5, 5.41) is 12.8. The summed E-state index contributed by atoms with van der Waals surface area (Å²) in [6.45, 7) is 7.67. The van der Waals surface area contributed by atoms with E-state index in [2.05, 4.69) is 38.3 Å². The lowest BCUT2D eigenvalue weighted by Crippen LogP contribution is -2.47. The topological polar surface area (TPSA) is 160 Å². The van der Waals surface area contributed by atoms with Gasteiger partial charge in [0.25, 0.3) is 15.9 Å². The van der Waals surface area contributed by atoms with Crippen LogP contribution in [0.15, 0.2) is 95.7 Å². The molecule has 0 bridgehead atoms. The van der Waals surface area contributed by atoms with E-state index in [0.717, 1.165) is 71.2 Å². The van der Waals surface area contributed by atoms with E-state index in [-0.39, 0.29) is 28.6 Å². The maximum absolute atomic E-state index is 13.9. The molecule has 2 aliphatic heterocycles. The Morgan fingerprint density at radius 2 is 1.75 bits per heavy atom. The first kappa shape index (κ1) is 44.0. The SMILES string of the molecule is CC1(C)CCC(CN2CCN(c3ccc(C(=O)NS(=O)(=O)c4ccc(OC5CCSCC5)c([N+](=O)[O-])c4)c(Oc4cnc5[nH]ccc5c4)c3)CC2)=C(c2ccc(C(F)(F)F)cc2)C1. The number of hydrogen-bond donors (Lipinski definition) is 2. The summed E-state index contributed by atoms with van der Waals surface area (Å²) in [6, 6.07) is 17.2. The highest BCUT2D eigenvalue weighted by molar-refractivity contribution is 7.99. The number of carbonyl (C=O) groups excluding carboxylic acids is 1. The van der Waals surface area contributed by atoms with Crippen molar-refractivity contribution in [2.75, 3.05) is 49.1 Å². The van der Waals surface area contributed by atoms with Crippen LogP contribution in [-0.4, -0.2) is 84.4 Å². The van der Waals surface area contributed by atoms with E-state index in [4.69, 9.17) is 9.47 Å². The van der Waals surface area contributed by atoms with Crippen LogP contribution in [0, 0.1) is 15.5 Å². The number of rotatable bonds is 12. The molecule has 0 radical (unpaired) electrons. The molecule has 18 heteroatoms. The average molecular weight is 905 g/mol. The second kappa shape index (κ2) is 17.9. The lowest BCUT2D eigenvalue weighted by atomic mass is 9.72. The Balaban J connectivity index is 1.01. The number of aromatic amines is 1. The van der Waals surface area contributed by atoms with Gasteiger partial charge in [-0.1, -0.05) is 31.6 Å². The predicted molar refractivity (Wildman–Crippen MR) is 236 cm³/mol. The number of nitro groups is 1. The second-order valence-corrected chi connectivity index (χ2v) is 19.8. The van der Waals surface area contributed by atoms with Crippen LogP contribution in [0.5, 0.6) is 17.2 Å². The number of allylic oxidation sites excluding steroid dienone is 1. The number of pyridine rings is 1. The molecule has 0 atom stereocenters. The van der Waals surface area contributed by atoms with Crippen molar-refractivity contribution >= 4 is 55.7 Å². The van der Waals surface area contributed by atoms with Crippen LogP contribution in [0.3, 0.4) is 0 Å². The molecule has 332 valence electrons. The molecule has 13 nitrogen and oxygen atoms in total. The van der Waals surface area contributed by atoms with E-state index in [1.54, 1.807) is 48.3 Å². The Labute approximate surface area is 367 Å². The molecule has 2 saturated heterocycles. The molecule has 1 aliphatic carbocycles. The van der Waals surface area contributed by atoms with Crippen LogP contribution < -0.4 is 19.1 Å². The number of nitro benzene ring substituents is 1. The summed E-state index contributed by atoms with van der Waals surface area (Å²) in [5.74, 6) is 1.03. The Morgan fingerprint density at radius 3 is 2.46 bits per heavy atom. The van der Waals surface area contributed by atoms with E-state index in [1.807, 2.05) is 6.07 Å². The van der Waals surface area contributed by atoms with Crippen LogP contribution in [-0.2, 0) is 16.2 Å². The second-order valence-electron chi connectivity index (χ2n) is 16.9. The molecule has 8 rings (SSSR count). The molecule has 3 aliphatic rings. The third-order valence-corrected chi connectivity index (χ3v) is 14.2. The minimum atomic E-state index is -4.61. The van der Waals surface area contributed by atoms with Gasteiger partial charge in [-0.25, -0.2) is 18.1 Å². The summed E-state index contributed by atoms with van der Waals surface area (Å²) in [5.41, 5.74) is 3.24. The van der Waals surface area contributed by atoms with Gasteiger partial charge < -0.3 is 19.4 Å². The number of sulfonamides is 1. The maximum atomic E-state index is 13.9. The lowest BCUT2D eigenvalue weighted by molar-refractivity contribution is -0.386. The van der Waals surface area contributed by atoms with Gasteiger partial charge in [-0.3, -0.25) is 19.8 Å². The van der Waals surface area contributed by atoms with Gasteiger partial charge in [-0.2, -0.15) is 24.9 Å². The van der Waals surface area contributed by atoms with Gasteiger partial charge in [0.1, 0.15) is 23.3 Å². The number of halogens is 3. The molecule has 5 aromatic rings. The maximum Gasteiger partial charge on any atom is 0.416 e. The van der Waals surface area contributed by atoms with Crippen LogP contribution in [0.2, 0.25) is 0 Å². The van der Waals surface area contributed by atoms with E-state index in [0.29, 0.717) is 57.0 Å². The first-order chi connectivity index (χ1) is 30.0. The number of benzene rings is 3. The fraction of sp³-hybridized carbons (Fsp3) is 0.378. The minimum absolute atomic E-state index is 0.0196. The zero-order valence-corrected chi connectivity index (χ0v) is 36.4. The van der Waals surface area contributed by atoms with Crippen LogP contribution in [0.25, 0.3) is 16.6 Å². The normalized spacial score (nSPS) is 17.8. The molecular formula is C45H47F3N6O7S2. The number of thioether (sulfide) groups is 1. The van der Waals surface area contributed by atoms with Gasteiger partial charge in [-0.15, -0.1) is 0 Å². The average Bonchev–Trinajstić information content (AvgIpc) is 3.73. The summed E-state index contributed by atoms with van der Waals surface area (Å²) in [7, 11) is -4.61. The van der Waals surface area contributed by atoms with Gasteiger partial charge in [0.05, 0.1) is 27.1 Å². The highest BCUT2D eigenvalue weighted by Gasteiger charge is 2.33. The number of hydrogen-bond acceptors (Lipinski definition) is 11. The molecular weight excluding hydrogens is 858 g/mol. The van der Waals surface area contributed by atoms with Crippen molar-refractivity contribution in [1.82, 2.24) is 19.6 Å². The van der Waals surface area contributed by atoms with Gasteiger partial charge in [0, 0.05) is 62.1 Å². The van der Waals surface area contributed by atoms with E-state index in [1.165, 1.54) is 30.0 Å². The standard InChI is InChI=1S/C45H47F3N6O7S2/c1-44(2)15-11-31(38(26-44)29-3-5-32(6-4-29)45(46,47)48)28-52-17-19-53(20-18-52)33-7-9-37(41(24-33)61-35-23-30-12-16-49-42(30)50-27-35)43(55)51-63(58,59)36-8-10-40(39(25-36)54(56)57)60-34-13-21-62-22-14-34/h3-10,12,16,23-25,27,34H,11,13-15,17-22,26,28H2,1-2H3,(H,49,50)(H,51,55). The minimum Gasteiger partial charge on any atom is -0.483 e. The third kappa shape index (κ3) is 10.3. The molecule has 0 spiro atoms. The molecule has 2 aromatic heterocycles. The number of amides is 1. The zero-order chi connectivity index (χ0) is 44.5. The van der Waals surface area contributed by atoms with Crippen LogP contribution in [0.4, 0.5) is 24.5 Å². The summed E-state index contributed by atoms with van der Waals surface area (Å²) in [4.78, 5) is 36.6. The molecule has 0 unspecified atom stereocenters. The summed E-state index contributed by atoms with van der Waals surface area (Å²) in [6.07, 6.45) is 2.60. The predicted octanol–water partition coefficient (Wildman–Crippen LogP) is 9.46. The molecule has 2 fully saturated rings. The number of nitrogens with zero attached hydrogens (tertiary/aromatic N) is 4. The van der Waals surface area contributed by atoms with Gasteiger partial charge in [-0.05, 0) is 109 Å². The van der Waals surface area contributed by atoms with Crippen LogP contribution in [0.1, 0.15) is 67.4 Å². The number of fused-ring (bicyclic) bond motifs is 1. The Hall–Kier alpha value is -5.59. The van der Waals surface area contributed by atoms with Gasteiger partial charge in [0.15, 0.2) is 5.75 Å². The number of carbonyl (C=O) groups is 1. The Morgan fingerprint density at radius 1 is 1.00 bits per heavy atom. The molecule has 3 aromatic carbocycles. The van der Waals surface area contributed by atoms with Gasteiger partial charge in [0.2, 0.25) is 0 Å². The number of aromatic nitrogens is 2. The lowest BCUT2D eigenvalue weighted by Gasteiger charge is -2.39. The smallest absolute Gasteiger partial charge is 0.416 e.